The number of benzene rings is 2. The van der Waals surface area contributed by atoms with Gasteiger partial charge in [-0.25, -0.2) is 4.39 Å². The maximum atomic E-state index is 14.4. The summed E-state index contributed by atoms with van der Waals surface area (Å²) in [5.74, 6) is -2.10. The summed E-state index contributed by atoms with van der Waals surface area (Å²) in [6.45, 7) is 3.17. The number of fused-ring (bicyclic) bond motifs is 1. The van der Waals surface area contributed by atoms with Crippen LogP contribution in [0.3, 0.4) is 0 Å². The number of amides is 3. The van der Waals surface area contributed by atoms with Gasteiger partial charge in [0.15, 0.2) is 11.5 Å². The molecule has 1 aliphatic carbocycles. The van der Waals surface area contributed by atoms with Crippen molar-refractivity contribution in [2.75, 3.05) is 11.9 Å². The van der Waals surface area contributed by atoms with Crippen LogP contribution in [0.4, 0.5) is 10.1 Å². The molecule has 0 saturated heterocycles. The molecule has 1 heterocycles. The van der Waals surface area contributed by atoms with Crippen molar-refractivity contribution < 1.29 is 18.8 Å². The first-order chi connectivity index (χ1) is 15.4. The number of nitrogens with zero attached hydrogens (tertiary/aromatic N) is 3. The number of aromatic nitrogens is 2. The van der Waals surface area contributed by atoms with E-state index in [4.69, 9.17) is 5.73 Å². The molecule has 1 fully saturated rings. The van der Waals surface area contributed by atoms with E-state index >= 15 is 0 Å². The molecule has 0 aliphatic heterocycles. The summed E-state index contributed by atoms with van der Waals surface area (Å²) in [5, 5.41) is 7.29. The Kier molecular flexibility index (Phi) is 5.72. The molecule has 0 atom stereocenters. The van der Waals surface area contributed by atoms with Crippen molar-refractivity contribution in [2.45, 2.75) is 25.4 Å². The third-order valence-electron chi connectivity index (χ3n) is 5.32. The first-order valence-corrected chi connectivity index (χ1v) is 10.1. The molecular formula is C23H22FN5O3. The highest BCUT2D eigenvalue weighted by Gasteiger charge is 2.34. The van der Waals surface area contributed by atoms with Crippen molar-refractivity contribution in [2.24, 2.45) is 5.73 Å². The second-order valence-electron chi connectivity index (χ2n) is 7.60. The van der Waals surface area contributed by atoms with Crippen molar-refractivity contribution in [3.63, 3.8) is 0 Å². The van der Waals surface area contributed by atoms with Crippen LogP contribution in [-0.4, -0.2) is 45.0 Å². The highest BCUT2D eigenvalue weighted by molar-refractivity contribution is 6.04. The predicted molar refractivity (Wildman–Crippen MR) is 118 cm³/mol. The number of halogens is 1. The zero-order chi connectivity index (χ0) is 22.8. The Hall–Kier alpha value is -4.01. The van der Waals surface area contributed by atoms with Crippen molar-refractivity contribution in [3.05, 3.63) is 66.1 Å². The van der Waals surface area contributed by atoms with Gasteiger partial charge < -0.3 is 16.0 Å². The number of hydrogen-bond acceptors (Lipinski definition) is 4. The average molecular weight is 435 g/mol. The average Bonchev–Trinajstić information content (AvgIpc) is 3.55. The van der Waals surface area contributed by atoms with E-state index in [1.54, 1.807) is 36.4 Å². The number of carbonyl (C=O) groups excluding carboxylic acids is 3. The maximum absolute atomic E-state index is 14.4. The fourth-order valence-electron chi connectivity index (χ4n) is 3.60. The zero-order valence-corrected chi connectivity index (χ0v) is 17.3. The summed E-state index contributed by atoms with van der Waals surface area (Å²) >= 11 is 0. The van der Waals surface area contributed by atoms with Crippen LogP contribution in [-0.2, 0) is 16.1 Å². The molecule has 1 aromatic heterocycles. The van der Waals surface area contributed by atoms with E-state index < -0.39 is 17.6 Å². The maximum Gasteiger partial charge on any atom is 0.269 e. The fourth-order valence-corrected chi connectivity index (χ4v) is 3.60. The lowest BCUT2D eigenvalue weighted by Gasteiger charge is -2.22. The molecule has 32 heavy (non-hydrogen) atoms. The summed E-state index contributed by atoms with van der Waals surface area (Å²) < 4.78 is 15.8. The zero-order valence-electron chi connectivity index (χ0n) is 17.3. The molecule has 2 aromatic carbocycles. The van der Waals surface area contributed by atoms with Gasteiger partial charge in [0.2, 0.25) is 11.8 Å². The van der Waals surface area contributed by atoms with Crippen LogP contribution in [0.2, 0.25) is 0 Å². The quantitative estimate of drug-likeness (QED) is 0.566. The highest BCUT2D eigenvalue weighted by Crippen LogP contribution is 2.28. The fraction of sp³-hybridized carbons (Fsp3) is 0.217. The lowest BCUT2D eigenvalue weighted by atomic mass is 10.2. The van der Waals surface area contributed by atoms with Gasteiger partial charge in [0.25, 0.3) is 5.91 Å². The number of rotatable bonds is 8. The summed E-state index contributed by atoms with van der Waals surface area (Å²) in [4.78, 5) is 38.8. The molecule has 1 aliphatic rings. The van der Waals surface area contributed by atoms with E-state index in [9.17, 15) is 18.8 Å². The van der Waals surface area contributed by atoms with Crippen LogP contribution in [0.1, 0.15) is 28.9 Å². The van der Waals surface area contributed by atoms with Gasteiger partial charge in [-0.05, 0) is 25.0 Å². The largest absolute Gasteiger partial charge is 0.364 e. The molecule has 8 nitrogen and oxygen atoms in total. The molecule has 0 spiro atoms. The Morgan fingerprint density at radius 1 is 1.22 bits per heavy atom. The van der Waals surface area contributed by atoms with E-state index in [1.165, 1.54) is 21.7 Å². The molecule has 9 heteroatoms. The number of hydrogen-bond donors (Lipinski definition) is 2. The lowest BCUT2D eigenvalue weighted by Crippen LogP contribution is -2.41. The first kappa shape index (κ1) is 21.2. The Balaban J connectivity index is 1.51. The van der Waals surface area contributed by atoms with Gasteiger partial charge in [0.1, 0.15) is 13.1 Å². The van der Waals surface area contributed by atoms with Gasteiger partial charge in [0, 0.05) is 17.0 Å². The van der Waals surface area contributed by atoms with E-state index in [-0.39, 0.29) is 42.0 Å². The number of anilines is 1. The number of para-hydroxylation sites is 1. The molecule has 4 rings (SSSR count). The molecule has 0 unspecified atom stereocenters. The van der Waals surface area contributed by atoms with Crippen LogP contribution >= 0.6 is 0 Å². The predicted octanol–water partition coefficient (Wildman–Crippen LogP) is 2.55. The normalized spacial score (nSPS) is 13.0. The number of nitrogens with one attached hydrogen (secondary N) is 1. The molecular weight excluding hydrogens is 413 g/mol. The summed E-state index contributed by atoms with van der Waals surface area (Å²) in [5.41, 5.74) is 6.39. The van der Waals surface area contributed by atoms with E-state index in [0.29, 0.717) is 10.9 Å². The molecule has 3 amide bonds. The minimum Gasteiger partial charge on any atom is -0.364 e. The molecule has 0 radical (unpaired) electrons. The van der Waals surface area contributed by atoms with E-state index in [0.717, 1.165) is 12.8 Å². The Bertz CT molecular complexity index is 1230. The topological polar surface area (TPSA) is 110 Å². The van der Waals surface area contributed by atoms with Crippen LogP contribution in [0.15, 0.2) is 49.0 Å². The summed E-state index contributed by atoms with van der Waals surface area (Å²) in [6, 6.07) is 11.5. The summed E-state index contributed by atoms with van der Waals surface area (Å²) in [6.07, 6.45) is 2.93. The second-order valence-corrected chi connectivity index (χ2v) is 7.60. The highest BCUT2D eigenvalue weighted by atomic mass is 19.1. The van der Waals surface area contributed by atoms with Crippen LogP contribution in [0.25, 0.3) is 17.0 Å². The molecule has 3 aromatic rings. The Morgan fingerprint density at radius 2 is 1.97 bits per heavy atom. The smallest absolute Gasteiger partial charge is 0.269 e. The first-order valence-electron chi connectivity index (χ1n) is 10.1. The van der Waals surface area contributed by atoms with Crippen LogP contribution in [0.5, 0.6) is 0 Å². The molecule has 0 bridgehead atoms. The molecule has 3 N–H and O–H groups in total. The Morgan fingerprint density at radius 3 is 2.66 bits per heavy atom. The van der Waals surface area contributed by atoms with Crippen molar-refractivity contribution >= 4 is 40.4 Å². The van der Waals surface area contributed by atoms with Crippen molar-refractivity contribution in [1.29, 1.82) is 0 Å². The Labute approximate surface area is 183 Å². The second kappa shape index (κ2) is 8.62. The minimum absolute atomic E-state index is 0.0276. The molecule has 1 saturated carbocycles. The molecule has 164 valence electrons. The van der Waals surface area contributed by atoms with Gasteiger partial charge in [-0.3, -0.25) is 19.1 Å². The summed E-state index contributed by atoms with van der Waals surface area (Å²) in [7, 11) is 0. The monoisotopic (exact) mass is 435 g/mol. The SMILES string of the molecule is C=Cc1cccc(NC(=O)CN(C(=O)Cn2nc(C(N)=O)c3ccccc32)C2CC2)c1F. The minimum atomic E-state index is -0.686. The van der Waals surface area contributed by atoms with Gasteiger partial charge in [-0.2, -0.15) is 5.10 Å². The van der Waals surface area contributed by atoms with Gasteiger partial charge in [-0.15, -0.1) is 0 Å². The van der Waals surface area contributed by atoms with Crippen molar-refractivity contribution in [1.82, 2.24) is 14.7 Å². The van der Waals surface area contributed by atoms with Gasteiger partial charge in [-0.1, -0.05) is 43.0 Å². The van der Waals surface area contributed by atoms with E-state index in [2.05, 4.69) is 17.0 Å². The number of primary amides is 1. The van der Waals surface area contributed by atoms with E-state index in [1.807, 2.05) is 0 Å². The van der Waals surface area contributed by atoms with Gasteiger partial charge in [0.05, 0.1) is 11.2 Å². The van der Waals surface area contributed by atoms with Gasteiger partial charge >= 0.3 is 0 Å². The number of carbonyl (C=O) groups is 3. The lowest BCUT2D eigenvalue weighted by molar-refractivity contribution is -0.135. The van der Waals surface area contributed by atoms with Crippen LogP contribution in [0, 0.1) is 5.82 Å². The van der Waals surface area contributed by atoms with Crippen LogP contribution < -0.4 is 11.1 Å². The number of nitrogens with two attached hydrogens (primary N) is 1. The third-order valence-corrected chi connectivity index (χ3v) is 5.32. The standard InChI is InChI=1S/C23H22FN5O3/c1-2-14-6-5-8-17(21(14)24)26-19(30)12-28(15-10-11-15)20(31)13-29-18-9-4-3-7-16(18)22(27-29)23(25)32/h2-9,15H,1,10-13H2,(H2,25,32)(H,26,30). The van der Waals surface area contributed by atoms with Crippen molar-refractivity contribution in [3.8, 4) is 0 Å². The third kappa shape index (κ3) is 4.22.